The van der Waals surface area contributed by atoms with Crippen LogP contribution in [0.5, 0.6) is 0 Å². The van der Waals surface area contributed by atoms with Crippen LogP contribution >= 0.6 is 11.6 Å². The quantitative estimate of drug-likeness (QED) is 0.580. The van der Waals surface area contributed by atoms with Crippen LogP contribution in [0.15, 0.2) is 24.3 Å². The lowest BCUT2D eigenvalue weighted by Crippen LogP contribution is -2.50. The minimum absolute atomic E-state index is 0.0729. The molecule has 0 unspecified atom stereocenters. The van der Waals surface area contributed by atoms with Gasteiger partial charge in [0, 0.05) is 5.02 Å². The molecule has 0 aromatic heterocycles. The standard InChI is InChI=1S/C20H23ClO4/c21-17-3-1-2-16(9-17)18(22)24-4-5-25-19(23)20-10-13-6-14(11-20)8-15(7-13)12-20/h1-3,9,13-15H,4-8,10-12H2. The van der Waals surface area contributed by atoms with E-state index < -0.39 is 5.97 Å². The Balaban J connectivity index is 1.26. The molecule has 4 bridgehead atoms. The number of hydrogen-bond donors (Lipinski definition) is 0. The summed E-state index contributed by atoms with van der Waals surface area (Å²) < 4.78 is 10.7. The number of ether oxygens (including phenoxy) is 2. The van der Waals surface area contributed by atoms with Crippen LogP contribution < -0.4 is 0 Å². The van der Waals surface area contributed by atoms with Gasteiger partial charge in [-0.1, -0.05) is 17.7 Å². The van der Waals surface area contributed by atoms with Crippen molar-refractivity contribution >= 4 is 23.5 Å². The van der Waals surface area contributed by atoms with Gasteiger partial charge in [0.1, 0.15) is 13.2 Å². The minimum atomic E-state index is -0.451. The minimum Gasteiger partial charge on any atom is -0.462 e. The molecule has 134 valence electrons. The fourth-order valence-electron chi connectivity index (χ4n) is 5.48. The largest absolute Gasteiger partial charge is 0.462 e. The second kappa shape index (κ2) is 6.64. The van der Waals surface area contributed by atoms with E-state index in [4.69, 9.17) is 21.1 Å². The van der Waals surface area contributed by atoms with Gasteiger partial charge < -0.3 is 9.47 Å². The fourth-order valence-corrected chi connectivity index (χ4v) is 5.67. The molecule has 4 saturated carbocycles. The first-order valence-corrected chi connectivity index (χ1v) is 9.52. The maximum absolute atomic E-state index is 12.7. The molecule has 25 heavy (non-hydrogen) atoms. The summed E-state index contributed by atoms with van der Waals surface area (Å²) in [7, 11) is 0. The number of hydrogen-bond acceptors (Lipinski definition) is 4. The molecule has 0 heterocycles. The topological polar surface area (TPSA) is 52.6 Å². The van der Waals surface area contributed by atoms with Gasteiger partial charge in [-0.25, -0.2) is 4.79 Å². The zero-order valence-electron chi connectivity index (χ0n) is 14.2. The van der Waals surface area contributed by atoms with E-state index in [2.05, 4.69) is 0 Å². The Morgan fingerprint density at radius 1 is 1.00 bits per heavy atom. The van der Waals surface area contributed by atoms with E-state index in [-0.39, 0.29) is 24.6 Å². The second-order valence-corrected chi connectivity index (χ2v) is 8.42. The zero-order valence-corrected chi connectivity index (χ0v) is 15.0. The average molecular weight is 363 g/mol. The first kappa shape index (κ1) is 16.9. The monoisotopic (exact) mass is 362 g/mol. The maximum atomic E-state index is 12.7. The van der Waals surface area contributed by atoms with Crippen molar-refractivity contribution in [3.8, 4) is 0 Å². The molecule has 0 N–H and O–H groups in total. The van der Waals surface area contributed by atoms with Crippen molar-refractivity contribution in [1.82, 2.24) is 0 Å². The van der Waals surface area contributed by atoms with Gasteiger partial charge in [-0.15, -0.1) is 0 Å². The summed E-state index contributed by atoms with van der Waals surface area (Å²) in [5.41, 5.74) is 0.144. The summed E-state index contributed by atoms with van der Waals surface area (Å²) in [6.45, 7) is 0.191. The van der Waals surface area contributed by atoms with Gasteiger partial charge in [0.15, 0.2) is 0 Å². The number of carbonyl (C=O) groups excluding carboxylic acids is 2. The normalized spacial score (nSPS) is 32.4. The molecule has 0 saturated heterocycles. The van der Waals surface area contributed by atoms with E-state index in [1.54, 1.807) is 24.3 Å². The number of halogens is 1. The Morgan fingerprint density at radius 3 is 2.20 bits per heavy atom. The smallest absolute Gasteiger partial charge is 0.338 e. The van der Waals surface area contributed by atoms with E-state index in [1.165, 1.54) is 19.3 Å². The van der Waals surface area contributed by atoms with E-state index in [0.717, 1.165) is 19.3 Å². The van der Waals surface area contributed by atoms with Crippen LogP contribution in [-0.2, 0) is 14.3 Å². The summed E-state index contributed by atoms with van der Waals surface area (Å²) >= 11 is 5.86. The summed E-state index contributed by atoms with van der Waals surface area (Å²) in [4.78, 5) is 24.6. The summed E-state index contributed by atoms with van der Waals surface area (Å²) in [5.74, 6) is 1.59. The highest BCUT2D eigenvalue weighted by molar-refractivity contribution is 6.30. The van der Waals surface area contributed by atoms with E-state index >= 15 is 0 Å². The molecular weight excluding hydrogens is 340 g/mol. The molecule has 0 atom stereocenters. The zero-order chi connectivity index (χ0) is 17.4. The average Bonchev–Trinajstić information content (AvgIpc) is 2.57. The maximum Gasteiger partial charge on any atom is 0.338 e. The summed E-state index contributed by atoms with van der Waals surface area (Å²) in [6, 6.07) is 6.61. The van der Waals surface area contributed by atoms with Crippen molar-refractivity contribution in [3.63, 3.8) is 0 Å². The van der Waals surface area contributed by atoms with Crippen LogP contribution in [0.1, 0.15) is 48.9 Å². The SMILES string of the molecule is O=C(OCCOC(=O)C12CC3CC(CC(C3)C1)C2)c1cccc(Cl)c1. The lowest BCUT2D eigenvalue weighted by Gasteiger charge is -2.55. The highest BCUT2D eigenvalue weighted by atomic mass is 35.5. The molecule has 4 aliphatic carbocycles. The van der Waals surface area contributed by atoms with E-state index in [0.29, 0.717) is 28.3 Å². The van der Waals surface area contributed by atoms with Gasteiger partial charge in [-0.05, 0) is 74.5 Å². The molecule has 0 radical (unpaired) electrons. The third-order valence-electron chi connectivity index (χ3n) is 6.08. The molecule has 1 aromatic rings. The molecule has 0 amide bonds. The molecule has 1 aromatic carbocycles. The predicted octanol–water partition coefficient (Wildman–Crippen LogP) is 4.26. The summed E-state index contributed by atoms with van der Waals surface area (Å²) in [5, 5.41) is 0.489. The number of carbonyl (C=O) groups is 2. The first-order chi connectivity index (χ1) is 12.0. The van der Waals surface area contributed by atoms with Crippen LogP contribution in [0.2, 0.25) is 5.02 Å². The molecule has 5 heteroatoms. The predicted molar refractivity (Wildman–Crippen MR) is 93.3 cm³/mol. The molecule has 4 fully saturated rings. The lowest BCUT2D eigenvalue weighted by atomic mass is 9.49. The summed E-state index contributed by atoms with van der Waals surface area (Å²) in [6.07, 6.45) is 6.84. The number of benzene rings is 1. The highest BCUT2D eigenvalue weighted by Crippen LogP contribution is 2.60. The Bertz CT molecular complexity index is 649. The fraction of sp³-hybridized carbons (Fsp3) is 0.600. The molecule has 0 spiro atoms. The van der Waals surface area contributed by atoms with E-state index in [1.807, 2.05) is 0 Å². The molecular formula is C20H23ClO4. The molecule has 0 aliphatic heterocycles. The molecule has 4 nitrogen and oxygen atoms in total. The van der Waals surface area contributed by atoms with Gasteiger partial charge in [0.25, 0.3) is 0 Å². The van der Waals surface area contributed by atoms with Crippen LogP contribution in [-0.4, -0.2) is 25.2 Å². The van der Waals surface area contributed by atoms with Crippen LogP contribution in [0.4, 0.5) is 0 Å². The number of rotatable bonds is 5. The Hall–Kier alpha value is -1.55. The Labute approximate surface area is 152 Å². The Morgan fingerprint density at radius 2 is 1.60 bits per heavy atom. The molecule has 5 rings (SSSR count). The Kier molecular flexibility index (Phi) is 4.48. The first-order valence-electron chi connectivity index (χ1n) is 9.14. The van der Waals surface area contributed by atoms with E-state index in [9.17, 15) is 9.59 Å². The lowest BCUT2D eigenvalue weighted by molar-refractivity contribution is -0.172. The second-order valence-electron chi connectivity index (χ2n) is 7.98. The van der Waals surface area contributed by atoms with Gasteiger partial charge in [-0.3, -0.25) is 4.79 Å². The van der Waals surface area contributed by atoms with Gasteiger partial charge in [0.05, 0.1) is 11.0 Å². The van der Waals surface area contributed by atoms with Crippen molar-refractivity contribution in [2.75, 3.05) is 13.2 Å². The third kappa shape index (κ3) is 3.41. The van der Waals surface area contributed by atoms with Crippen LogP contribution in [0.25, 0.3) is 0 Å². The highest BCUT2D eigenvalue weighted by Gasteiger charge is 2.55. The van der Waals surface area contributed by atoms with Gasteiger partial charge >= 0.3 is 11.9 Å². The van der Waals surface area contributed by atoms with Crippen molar-refractivity contribution < 1.29 is 19.1 Å². The van der Waals surface area contributed by atoms with Crippen molar-refractivity contribution in [2.24, 2.45) is 23.2 Å². The van der Waals surface area contributed by atoms with Crippen LogP contribution in [0.3, 0.4) is 0 Å². The number of esters is 2. The van der Waals surface area contributed by atoms with Crippen molar-refractivity contribution in [2.45, 2.75) is 38.5 Å². The van der Waals surface area contributed by atoms with Crippen molar-refractivity contribution in [1.29, 1.82) is 0 Å². The van der Waals surface area contributed by atoms with Crippen molar-refractivity contribution in [3.05, 3.63) is 34.9 Å². The van der Waals surface area contributed by atoms with Gasteiger partial charge in [-0.2, -0.15) is 0 Å². The molecule has 4 aliphatic rings. The third-order valence-corrected chi connectivity index (χ3v) is 6.32. The van der Waals surface area contributed by atoms with Crippen LogP contribution in [0, 0.1) is 23.2 Å². The van der Waals surface area contributed by atoms with Gasteiger partial charge in [0.2, 0.25) is 0 Å².